The van der Waals surface area contributed by atoms with Crippen LogP contribution >= 0.6 is 0 Å². The number of hydrogen-bond donors (Lipinski definition) is 2. The summed E-state index contributed by atoms with van der Waals surface area (Å²) in [6.45, 7) is 1.97. The summed E-state index contributed by atoms with van der Waals surface area (Å²) in [7, 11) is 1.60. The molecule has 2 amide bonds. The smallest absolute Gasteiger partial charge is 0.257 e. The van der Waals surface area contributed by atoms with Crippen LogP contribution in [0.1, 0.15) is 28.8 Å². The summed E-state index contributed by atoms with van der Waals surface area (Å²) < 4.78 is 5.28. The third-order valence-electron chi connectivity index (χ3n) is 4.68. The number of ether oxygens (including phenoxy) is 1. The van der Waals surface area contributed by atoms with Crippen LogP contribution in [0.4, 0.5) is 0 Å². The monoisotopic (exact) mass is 356 g/mol. The average molecular weight is 356 g/mol. The number of hydrogen-bond acceptors (Lipinski definition) is 4. The Labute approximate surface area is 152 Å². The predicted octanol–water partition coefficient (Wildman–Crippen LogP) is 1.63. The standard InChI is InChI=1S/C19H24N4O3/c1-26-17-7-3-2-6-15(17)9-18(24)20-10-14-5-4-8-23(13-14)19(25)16-11-21-22-12-16/h2-3,6-7,11-12,14H,4-5,8-10,13H2,1H3,(H,20,24)(H,21,22). The number of aromatic amines is 1. The lowest BCUT2D eigenvalue weighted by Gasteiger charge is -2.32. The van der Waals surface area contributed by atoms with E-state index in [4.69, 9.17) is 4.74 Å². The van der Waals surface area contributed by atoms with Gasteiger partial charge in [0.05, 0.1) is 25.3 Å². The van der Waals surface area contributed by atoms with Gasteiger partial charge < -0.3 is 15.0 Å². The highest BCUT2D eigenvalue weighted by Gasteiger charge is 2.25. The van der Waals surface area contributed by atoms with Crippen LogP contribution in [0, 0.1) is 5.92 Å². The van der Waals surface area contributed by atoms with E-state index >= 15 is 0 Å². The van der Waals surface area contributed by atoms with Crippen molar-refractivity contribution in [1.29, 1.82) is 0 Å². The summed E-state index contributed by atoms with van der Waals surface area (Å²) in [5.41, 5.74) is 1.44. The number of benzene rings is 1. The van der Waals surface area contributed by atoms with Crippen molar-refractivity contribution >= 4 is 11.8 Å². The number of nitrogens with zero attached hydrogens (tertiary/aromatic N) is 2. The summed E-state index contributed by atoms with van der Waals surface area (Å²) in [5, 5.41) is 9.50. The van der Waals surface area contributed by atoms with Crippen LogP contribution < -0.4 is 10.1 Å². The first-order chi connectivity index (χ1) is 12.7. The predicted molar refractivity (Wildman–Crippen MR) is 96.9 cm³/mol. The topological polar surface area (TPSA) is 87.3 Å². The van der Waals surface area contributed by atoms with E-state index in [9.17, 15) is 9.59 Å². The van der Waals surface area contributed by atoms with E-state index in [0.717, 1.165) is 30.7 Å². The Bertz CT molecular complexity index is 745. The van der Waals surface area contributed by atoms with Gasteiger partial charge in [0.1, 0.15) is 5.75 Å². The molecule has 1 fully saturated rings. The third kappa shape index (κ3) is 4.41. The van der Waals surface area contributed by atoms with Gasteiger partial charge in [-0.1, -0.05) is 18.2 Å². The van der Waals surface area contributed by atoms with Crippen LogP contribution in [0.15, 0.2) is 36.7 Å². The number of methoxy groups -OCH3 is 1. The lowest BCUT2D eigenvalue weighted by molar-refractivity contribution is -0.120. The summed E-state index contributed by atoms with van der Waals surface area (Å²) >= 11 is 0. The fraction of sp³-hybridized carbons (Fsp3) is 0.421. The SMILES string of the molecule is COc1ccccc1CC(=O)NCC1CCCN(C(=O)c2cn[nH]c2)C1. The molecule has 0 saturated carbocycles. The van der Waals surface area contributed by atoms with Crippen molar-refractivity contribution in [3.05, 3.63) is 47.8 Å². The zero-order valence-electron chi connectivity index (χ0n) is 14.9. The number of aromatic nitrogens is 2. The molecule has 26 heavy (non-hydrogen) atoms. The van der Waals surface area contributed by atoms with Gasteiger partial charge in [0.2, 0.25) is 5.91 Å². The first-order valence-electron chi connectivity index (χ1n) is 8.84. The molecule has 0 aliphatic carbocycles. The highest BCUT2D eigenvalue weighted by atomic mass is 16.5. The van der Waals surface area contributed by atoms with E-state index in [1.807, 2.05) is 29.2 Å². The minimum atomic E-state index is -0.0345. The Morgan fingerprint density at radius 1 is 1.38 bits per heavy atom. The molecule has 1 aliphatic rings. The summed E-state index contributed by atoms with van der Waals surface area (Å²) in [4.78, 5) is 26.5. The van der Waals surface area contributed by atoms with Crippen molar-refractivity contribution in [2.24, 2.45) is 5.92 Å². The average Bonchev–Trinajstić information content (AvgIpc) is 3.21. The molecule has 2 N–H and O–H groups in total. The lowest BCUT2D eigenvalue weighted by atomic mass is 9.97. The highest BCUT2D eigenvalue weighted by Crippen LogP contribution is 2.19. The second-order valence-corrected chi connectivity index (χ2v) is 6.54. The molecule has 0 spiro atoms. The van der Waals surface area contributed by atoms with Crippen molar-refractivity contribution in [2.75, 3.05) is 26.7 Å². The Kier molecular flexibility index (Phi) is 5.88. The molecule has 3 rings (SSSR count). The van der Waals surface area contributed by atoms with Crippen LogP contribution in [-0.2, 0) is 11.2 Å². The lowest BCUT2D eigenvalue weighted by Crippen LogP contribution is -2.43. The van der Waals surface area contributed by atoms with Crippen LogP contribution in [0.25, 0.3) is 0 Å². The number of piperidine rings is 1. The van der Waals surface area contributed by atoms with E-state index in [1.165, 1.54) is 0 Å². The number of carbonyl (C=O) groups excluding carboxylic acids is 2. The van der Waals surface area contributed by atoms with Gasteiger partial charge in [0.15, 0.2) is 0 Å². The Balaban J connectivity index is 1.49. The van der Waals surface area contributed by atoms with Gasteiger partial charge in [-0.2, -0.15) is 5.10 Å². The number of nitrogens with one attached hydrogen (secondary N) is 2. The minimum Gasteiger partial charge on any atom is -0.496 e. The molecule has 0 bridgehead atoms. The molecule has 0 radical (unpaired) electrons. The zero-order valence-corrected chi connectivity index (χ0v) is 14.9. The molecular weight excluding hydrogens is 332 g/mol. The first-order valence-corrected chi connectivity index (χ1v) is 8.84. The van der Waals surface area contributed by atoms with Gasteiger partial charge in [0, 0.05) is 31.4 Å². The quantitative estimate of drug-likeness (QED) is 0.823. The maximum atomic E-state index is 12.4. The van der Waals surface area contributed by atoms with E-state index < -0.39 is 0 Å². The van der Waals surface area contributed by atoms with Gasteiger partial charge in [-0.05, 0) is 24.8 Å². The molecule has 2 aromatic rings. The van der Waals surface area contributed by atoms with Crippen LogP contribution in [0.3, 0.4) is 0 Å². The van der Waals surface area contributed by atoms with Crippen molar-refractivity contribution < 1.29 is 14.3 Å². The van der Waals surface area contributed by atoms with E-state index in [2.05, 4.69) is 15.5 Å². The fourth-order valence-electron chi connectivity index (χ4n) is 3.31. The summed E-state index contributed by atoms with van der Waals surface area (Å²) in [6, 6.07) is 7.52. The van der Waals surface area contributed by atoms with Crippen LogP contribution in [-0.4, -0.2) is 53.7 Å². The number of carbonyl (C=O) groups is 2. The Morgan fingerprint density at radius 2 is 2.23 bits per heavy atom. The second-order valence-electron chi connectivity index (χ2n) is 6.54. The molecule has 7 nitrogen and oxygen atoms in total. The summed E-state index contributed by atoms with van der Waals surface area (Å²) in [5.74, 6) is 0.940. The van der Waals surface area contributed by atoms with Crippen molar-refractivity contribution in [1.82, 2.24) is 20.4 Å². The highest BCUT2D eigenvalue weighted by molar-refractivity contribution is 5.93. The maximum absolute atomic E-state index is 12.4. The number of amides is 2. The molecule has 1 aromatic carbocycles. The van der Waals surface area contributed by atoms with Gasteiger partial charge >= 0.3 is 0 Å². The first kappa shape index (κ1) is 18.0. The normalized spacial score (nSPS) is 17.0. The van der Waals surface area contributed by atoms with Gasteiger partial charge in [-0.3, -0.25) is 14.7 Å². The summed E-state index contributed by atoms with van der Waals surface area (Å²) in [6.07, 6.45) is 5.39. The molecule has 1 saturated heterocycles. The second kappa shape index (κ2) is 8.51. The molecule has 7 heteroatoms. The molecule has 1 atom stereocenters. The fourth-order valence-corrected chi connectivity index (χ4v) is 3.31. The van der Waals surface area contributed by atoms with Crippen molar-refractivity contribution in [3.8, 4) is 5.75 Å². The van der Waals surface area contributed by atoms with E-state index in [1.54, 1.807) is 19.5 Å². The van der Waals surface area contributed by atoms with E-state index in [-0.39, 0.29) is 24.2 Å². The Hall–Kier alpha value is -2.83. The van der Waals surface area contributed by atoms with E-state index in [0.29, 0.717) is 18.7 Å². The van der Waals surface area contributed by atoms with Crippen LogP contribution in [0.2, 0.25) is 0 Å². The van der Waals surface area contributed by atoms with Crippen molar-refractivity contribution in [3.63, 3.8) is 0 Å². The maximum Gasteiger partial charge on any atom is 0.257 e. The number of H-pyrrole nitrogens is 1. The van der Waals surface area contributed by atoms with Crippen LogP contribution in [0.5, 0.6) is 5.75 Å². The van der Waals surface area contributed by atoms with Crippen molar-refractivity contribution in [2.45, 2.75) is 19.3 Å². The Morgan fingerprint density at radius 3 is 3.00 bits per heavy atom. The molecule has 1 aliphatic heterocycles. The largest absolute Gasteiger partial charge is 0.496 e. The van der Waals surface area contributed by atoms with Gasteiger partial charge in [-0.15, -0.1) is 0 Å². The van der Waals surface area contributed by atoms with Gasteiger partial charge in [-0.25, -0.2) is 0 Å². The number of likely N-dealkylation sites (tertiary alicyclic amines) is 1. The molecular formula is C19H24N4O3. The third-order valence-corrected chi connectivity index (χ3v) is 4.68. The minimum absolute atomic E-state index is 0.0104. The molecule has 1 unspecified atom stereocenters. The molecule has 138 valence electrons. The molecule has 1 aromatic heterocycles. The van der Waals surface area contributed by atoms with Gasteiger partial charge in [0.25, 0.3) is 5.91 Å². The number of rotatable bonds is 6. The zero-order chi connectivity index (χ0) is 18.4. The number of para-hydroxylation sites is 1. The molecule has 2 heterocycles.